The quantitative estimate of drug-likeness (QED) is 0.719. The van der Waals surface area contributed by atoms with Crippen molar-refractivity contribution in [1.29, 1.82) is 0 Å². The second-order valence-corrected chi connectivity index (χ2v) is 5.87. The molecule has 1 unspecified atom stereocenters. The Morgan fingerprint density at radius 2 is 2.09 bits per heavy atom. The minimum absolute atomic E-state index is 0.131. The molecule has 8 heteroatoms. The first-order chi connectivity index (χ1) is 11.1. The number of nitrogens with zero attached hydrogens (tertiary/aromatic N) is 2. The lowest BCUT2D eigenvalue weighted by molar-refractivity contribution is -0.115. The summed E-state index contributed by atoms with van der Waals surface area (Å²) in [6.07, 6.45) is 1.50. The number of hydrogen-bond donors (Lipinski definition) is 1. The summed E-state index contributed by atoms with van der Waals surface area (Å²) >= 11 is 1.08. The molecule has 1 amide bonds. The number of carbonyl (C=O) groups excluding carboxylic acids is 1. The van der Waals surface area contributed by atoms with E-state index in [-0.39, 0.29) is 22.7 Å². The number of anilines is 1. The van der Waals surface area contributed by atoms with E-state index in [1.165, 1.54) is 18.4 Å². The Morgan fingerprint density at radius 3 is 2.83 bits per heavy atom. The van der Waals surface area contributed by atoms with E-state index in [2.05, 4.69) is 15.5 Å². The molecule has 0 bridgehead atoms. The van der Waals surface area contributed by atoms with Crippen LogP contribution in [0.25, 0.3) is 11.7 Å². The van der Waals surface area contributed by atoms with Crippen molar-refractivity contribution in [2.75, 3.05) is 5.32 Å². The van der Waals surface area contributed by atoms with Crippen LogP contribution in [0.3, 0.4) is 0 Å². The Balaban J connectivity index is 1.64. The van der Waals surface area contributed by atoms with Crippen molar-refractivity contribution in [3.05, 3.63) is 48.5 Å². The lowest BCUT2D eigenvalue weighted by Crippen LogP contribution is -2.22. The summed E-state index contributed by atoms with van der Waals surface area (Å²) in [5, 5.41) is 9.91. The Hall–Kier alpha value is -2.61. The van der Waals surface area contributed by atoms with Crippen LogP contribution in [-0.4, -0.2) is 21.4 Å². The first-order valence-corrected chi connectivity index (χ1v) is 7.61. The summed E-state index contributed by atoms with van der Waals surface area (Å²) in [6, 6.07) is 9.36. The molecule has 0 spiro atoms. The van der Waals surface area contributed by atoms with Gasteiger partial charge in [-0.2, -0.15) is 0 Å². The van der Waals surface area contributed by atoms with E-state index >= 15 is 0 Å². The molecule has 1 aromatic carbocycles. The Morgan fingerprint density at radius 1 is 1.26 bits per heavy atom. The van der Waals surface area contributed by atoms with E-state index in [0.29, 0.717) is 5.76 Å². The number of thioether (sulfide) groups is 1. The van der Waals surface area contributed by atoms with Gasteiger partial charge >= 0.3 is 0 Å². The van der Waals surface area contributed by atoms with Gasteiger partial charge in [0.25, 0.3) is 11.1 Å². The van der Waals surface area contributed by atoms with Gasteiger partial charge in [-0.25, -0.2) is 4.39 Å². The van der Waals surface area contributed by atoms with E-state index in [0.717, 1.165) is 11.8 Å². The van der Waals surface area contributed by atoms with Crippen LogP contribution in [0.5, 0.6) is 0 Å². The monoisotopic (exact) mass is 333 g/mol. The molecule has 0 saturated carbocycles. The Kier molecular flexibility index (Phi) is 4.42. The van der Waals surface area contributed by atoms with Crippen molar-refractivity contribution >= 4 is 23.4 Å². The maximum Gasteiger partial charge on any atom is 0.284 e. The van der Waals surface area contributed by atoms with Crippen LogP contribution >= 0.6 is 11.8 Å². The number of para-hydroxylation sites is 1. The lowest BCUT2D eigenvalue weighted by atomic mass is 10.3. The van der Waals surface area contributed by atoms with Gasteiger partial charge in [0.15, 0.2) is 5.76 Å². The fraction of sp³-hybridized carbons (Fsp3) is 0.133. The van der Waals surface area contributed by atoms with Gasteiger partial charge in [0.2, 0.25) is 5.91 Å². The molecule has 118 valence electrons. The topological polar surface area (TPSA) is 81.2 Å². The van der Waals surface area contributed by atoms with Gasteiger partial charge in [0.1, 0.15) is 5.82 Å². The smallest absolute Gasteiger partial charge is 0.284 e. The molecule has 0 radical (unpaired) electrons. The predicted octanol–water partition coefficient (Wildman–Crippen LogP) is 3.59. The van der Waals surface area contributed by atoms with Gasteiger partial charge < -0.3 is 14.2 Å². The second-order valence-electron chi connectivity index (χ2n) is 4.58. The zero-order valence-electron chi connectivity index (χ0n) is 12.0. The molecule has 0 aliphatic rings. The molecule has 0 fully saturated rings. The summed E-state index contributed by atoms with van der Waals surface area (Å²) in [4.78, 5) is 12.1. The number of rotatable bonds is 5. The van der Waals surface area contributed by atoms with Crippen LogP contribution in [-0.2, 0) is 4.79 Å². The van der Waals surface area contributed by atoms with Gasteiger partial charge in [-0.05, 0) is 31.2 Å². The molecule has 3 rings (SSSR count). The van der Waals surface area contributed by atoms with Crippen molar-refractivity contribution in [3.8, 4) is 11.7 Å². The van der Waals surface area contributed by atoms with Gasteiger partial charge in [0.05, 0.1) is 17.2 Å². The molecular formula is C15H12FN3O3S. The molecule has 23 heavy (non-hydrogen) atoms. The van der Waals surface area contributed by atoms with Gasteiger partial charge in [-0.3, -0.25) is 4.79 Å². The number of carbonyl (C=O) groups is 1. The molecule has 6 nitrogen and oxygen atoms in total. The zero-order valence-corrected chi connectivity index (χ0v) is 12.8. The van der Waals surface area contributed by atoms with Crippen molar-refractivity contribution in [2.45, 2.75) is 17.4 Å². The molecule has 0 aliphatic carbocycles. The molecule has 0 saturated heterocycles. The summed E-state index contributed by atoms with van der Waals surface area (Å²) in [6.45, 7) is 1.66. The highest BCUT2D eigenvalue weighted by Gasteiger charge is 2.20. The molecule has 0 aliphatic heterocycles. The van der Waals surface area contributed by atoms with E-state index in [1.54, 1.807) is 31.2 Å². The number of hydrogen-bond acceptors (Lipinski definition) is 6. The largest absolute Gasteiger partial charge is 0.459 e. The number of benzene rings is 1. The predicted molar refractivity (Wildman–Crippen MR) is 82.3 cm³/mol. The Labute approximate surface area is 135 Å². The SMILES string of the molecule is CC(Sc1nnc(-c2ccco2)o1)C(=O)Nc1ccccc1F. The lowest BCUT2D eigenvalue weighted by Gasteiger charge is -2.10. The fourth-order valence-corrected chi connectivity index (χ4v) is 2.44. The summed E-state index contributed by atoms with van der Waals surface area (Å²) in [5.41, 5.74) is 0.131. The molecule has 1 N–H and O–H groups in total. The molecule has 2 aromatic heterocycles. The van der Waals surface area contributed by atoms with Crippen LogP contribution < -0.4 is 5.32 Å². The van der Waals surface area contributed by atoms with Crippen molar-refractivity contribution in [2.24, 2.45) is 0 Å². The van der Waals surface area contributed by atoms with Crippen LogP contribution in [0.15, 0.2) is 56.7 Å². The maximum absolute atomic E-state index is 13.5. The van der Waals surface area contributed by atoms with Crippen LogP contribution in [0.4, 0.5) is 10.1 Å². The molecule has 1 atom stereocenters. The zero-order chi connectivity index (χ0) is 16.2. The van der Waals surface area contributed by atoms with Crippen molar-refractivity contribution < 1.29 is 18.0 Å². The molecule has 3 aromatic rings. The number of furan rings is 1. The number of halogens is 1. The van der Waals surface area contributed by atoms with Crippen molar-refractivity contribution in [1.82, 2.24) is 10.2 Å². The summed E-state index contributed by atoms with van der Waals surface area (Å²) in [5.74, 6) is -0.166. The van der Waals surface area contributed by atoms with Crippen LogP contribution in [0.1, 0.15) is 6.92 Å². The maximum atomic E-state index is 13.5. The van der Waals surface area contributed by atoms with Crippen molar-refractivity contribution in [3.63, 3.8) is 0 Å². The van der Waals surface area contributed by atoms with Crippen LogP contribution in [0, 0.1) is 5.82 Å². The number of aromatic nitrogens is 2. The minimum atomic E-state index is -0.542. The van der Waals surface area contributed by atoms with E-state index in [1.807, 2.05) is 0 Å². The molecule has 2 heterocycles. The highest BCUT2D eigenvalue weighted by atomic mass is 32.2. The van der Waals surface area contributed by atoms with E-state index in [9.17, 15) is 9.18 Å². The first-order valence-electron chi connectivity index (χ1n) is 6.73. The third-order valence-corrected chi connectivity index (χ3v) is 3.85. The van der Waals surface area contributed by atoms with E-state index in [4.69, 9.17) is 8.83 Å². The van der Waals surface area contributed by atoms with Gasteiger partial charge in [-0.1, -0.05) is 23.9 Å². The molecular weight excluding hydrogens is 321 g/mol. The minimum Gasteiger partial charge on any atom is -0.459 e. The van der Waals surface area contributed by atoms with E-state index < -0.39 is 11.1 Å². The standard InChI is InChI=1S/C15H12FN3O3S/c1-9(13(20)17-11-6-3-2-5-10(11)16)23-15-19-18-14(22-15)12-7-4-8-21-12/h2-9H,1H3,(H,17,20). The first kappa shape index (κ1) is 15.3. The average Bonchev–Trinajstić information content (AvgIpc) is 3.20. The Bertz CT molecular complexity index is 804. The second kappa shape index (κ2) is 6.66. The highest BCUT2D eigenvalue weighted by Crippen LogP contribution is 2.27. The van der Waals surface area contributed by atoms with Gasteiger partial charge in [-0.15, -0.1) is 10.2 Å². The third kappa shape index (κ3) is 3.59. The fourth-order valence-electron chi connectivity index (χ4n) is 1.76. The number of amides is 1. The summed E-state index contributed by atoms with van der Waals surface area (Å²) in [7, 11) is 0. The normalized spacial score (nSPS) is 12.1. The van der Waals surface area contributed by atoms with Crippen LogP contribution in [0.2, 0.25) is 0 Å². The van der Waals surface area contributed by atoms with Gasteiger partial charge in [0, 0.05) is 0 Å². The summed E-state index contributed by atoms with van der Waals surface area (Å²) < 4.78 is 24.1. The number of nitrogens with one attached hydrogen (secondary N) is 1. The third-order valence-electron chi connectivity index (χ3n) is 2.92. The highest BCUT2D eigenvalue weighted by molar-refractivity contribution is 8.00. The average molecular weight is 333 g/mol.